The summed E-state index contributed by atoms with van der Waals surface area (Å²) in [6.07, 6.45) is 8.53. The van der Waals surface area contributed by atoms with Crippen LogP contribution in [0.3, 0.4) is 0 Å². The molecule has 3 rings (SSSR count). The first kappa shape index (κ1) is 14.5. The van der Waals surface area contributed by atoms with E-state index in [1.54, 1.807) is 0 Å². The van der Waals surface area contributed by atoms with Crippen molar-refractivity contribution in [2.45, 2.75) is 50.7 Å². The average Bonchev–Trinajstić information content (AvgIpc) is 2.97. The summed E-state index contributed by atoms with van der Waals surface area (Å²) in [5, 5.41) is 7.94. The van der Waals surface area contributed by atoms with E-state index in [9.17, 15) is 4.79 Å². The SMILES string of the molecule is NC(=O)C1CNCCN1Cc1ccn(C2CCCCC2)n1. The number of nitrogens with zero attached hydrogens (tertiary/aromatic N) is 3. The van der Waals surface area contributed by atoms with Crippen molar-refractivity contribution in [1.82, 2.24) is 20.0 Å². The quantitative estimate of drug-likeness (QED) is 0.854. The van der Waals surface area contributed by atoms with E-state index in [1.807, 2.05) is 0 Å². The van der Waals surface area contributed by atoms with Crippen LogP contribution in [-0.2, 0) is 11.3 Å². The summed E-state index contributed by atoms with van der Waals surface area (Å²) in [5.41, 5.74) is 6.52. The van der Waals surface area contributed by atoms with E-state index in [4.69, 9.17) is 10.8 Å². The zero-order valence-corrected chi connectivity index (χ0v) is 12.5. The van der Waals surface area contributed by atoms with Crippen LogP contribution < -0.4 is 11.1 Å². The van der Waals surface area contributed by atoms with Gasteiger partial charge in [-0.2, -0.15) is 5.10 Å². The van der Waals surface area contributed by atoms with Gasteiger partial charge in [-0.15, -0.1) is 0 Å². The Morgan fingerprint density at radius 3 is 2.95 bits per heavy atom. The molecule has 0 aromatic carbocycles. The van der Waals surface area contributed by atoms with Crippen LogP contribution in [0.15, 0.2) is 12.3 Å². The normalized spacial score (nSPS) is 25.0. The standard InChI is InChI=1S/C15H25N5O/c16-15(21)14-10-17-7-9-19(14)11-12-6-8-20(18-12)13-4-2-1-3-5-13/h6,8,13-14,17H,1-5,7,9-11H2,(H2,16,21). The molecular formula is C15H25N5O. The summed E-state index contributed by atoms with van der Waals surface area (Å²) in [4.78, 5) is 13.7. The molecular weight excluding hydrogens is 266 g/mol. The minimum atomic E-state index is -0.256. The lowest BCUT2D eigenvalue weighted by atomic mass is 9.96. The smallest absolute Gasteiger partial charge is 0.236 e. The molecule has 21 heavy (non-hydrogen) atoms. The van der Waals surface area contributed by atoms with Crippen molar-refractivity contribution in [2.24, 2.45) is 5.73 Å². The maximum atomic E-state index is 11.5. The van der Waals surface area contributed by atoms with Crippen LogP contribution in [0.5, 0.6) is 0 Å². The second-order valence-corrected chi connectivity index (χ2v) is 6.17. The van der Waals surface area contributed by atoms with Crippen LogP contribution >= 0.6 is 0 Å². The lowest BCUT2D eigenvalue weighted by Crippen LogP contribution is -2.56. The number of primary amides is 1. The van der Waals surface area contributed by atoms with Gasteiger partial charge in [-0.25, -0.2) is 0 Å². The number of nitrogens with one attached hydrogen (secondary N) is 1. The van der Waals surface area contributed by atoms with Crippen LogP contribution in [0, 0.1) is 0 Å². The molecule has 3 N–H and O–H groups in total. The van der Waals surface area contributed by atoms with E-state index in [2.05, 4.69) is 27.2 Å². The van der Waals surface area contributed by atoms with E-state index in [0.717, 1.165) is 18.8 Å². The molecule has 0 spiro atoms. The third-order valence-electron chi connectivity index (χ3n) is 4.66. The van der Waals surface area contributed by atoms with Gasteiger partial charge in [-0.1, -0.05) is 19.3 Å². The second kappa shape index (κ2) is 6.58. The van der Waals surface area contributed by atoms with Crippen LogP contribution in [-0.4, -0.2) is 46.3 Å². The fourth-order valence-electron chi connectivity index (χ4n) is 3.43. The van der Waals surface area contributed by atoms with Crippen molar-refractivity contribution in [3.8, 4) is 0 Å². The van der Waals surface area contributed by atoms with E-state index in [0.29, 0.717) is 19.1 Å². The zero-order valence-electron chi connectivity index (χ0n) is 12.5. The highest BCUT2D eigenvalue weighted by Crippen LogP contribution is 2.27. The van der Waals surface area contributed by atoms with Crippen molar-refractivity contribution in [3.05, 3.63) is 18.0 Å². The highest BCUT2D eigenvalue weighted by molar-refractivity contribution is 5.80. The number of rotatable bonds is 4. The third kappa shape index (κ3) is 3.44. The maximum Gasteiger partial charge on any atom is 0.236 e. The van der Waals surface area contributed by atoms with E-state index < -0.39 is 0 Å². The lowest BCUT2D eigenvalue weighted by Gasteiger charge is -2.33. The molecule has 1 aromatic heterocycles. The Kier molecular flexibility index (Phi) is 4.55. The summed E-state index contributed by atoms with van der Waals surface area (Å²) in [6.45, 7) is 3.07. The predicted octanol–water partition coefficient (Wildman–Crippen LogP) is 0.647. The lowest BCUT2D eigenvalue weighted by molar-refractivity contribution is -0.124. The highest BCUT2D eigenvalue weighted by atomic mass is 16.1. The molecule has 2 fully saturated rings. The third-order valence-corrected chi connectivity index (χ3v) is 4.66. The number of carbonyl (C=O) groups excluding carboxylic acids is 1. The molecule has 116 valence electrons. The van der Waals surface area contributed by atoms with E-state index in [-0.39, 0.29) is 11.9 Å². The van der Waals surface area contributed by atoms with Gasteiger partial charge < -0.3 is 11.1 Å². The van der Waals surface area contributed by atoms with Crippen molar-refractivity contribution in [2.75, 3.05) is 19.6 Å². The van der Waals surface area contributed by atoms with Crippen LogP contribution in [0.2, 0.25) is 0 Å². The van der Waals surface area contributed by atoms with Gasteiger partial charge in [-0.3, -0.25) is 14.4 Å². The molecule has 2 heterocycles. The minimum Gasteiger partial charge on any atom is -0.368 e. The van der Waals surface area contributed by atoms with Crippen molar-refractivity contribution in [1.29, 1.82) is 0 Å². The number of hydrogen-bond donors (Lipinski definition) is 2. The second-order valence-electron chi connectivity index (χ2n) is 6.17. The molecule has 0 bridgehead atoms. The first-order valence-corrected chi connectivity index (χ1v) is 8.02. The topological polar surface area (TPSA) is 76.2 Å². The number of carbonyl (C=O) groups is 1. The Morgan fingerprint density at radius 2 is 2.19 bits per heavy atom. The van der Waals surface area contributed by atoms with Crippen molar-refractivity contribution >= 4 is 5.91 Å². The molecule has 1 saturated heterocycles. The number of piperazine rings is 1. The van der Waals surface area contributed by atoms with E-state index in [1.165, 1.54) is 32.1 Å². The molecule has 1 atom stereocenters. The van der Waals surface area contributed by atoms with Crippen LogP contribution in [0.25, 0.3) is 0 Å². The number of amides is 1. The highest BCUT2D eigenvalue weighted by Gasteiger charge is 2.27. The molecule has 6 heteroatoms. The molecule has 1 aliphatic carbocycles. The predicted molar refractivity (Wildman–Crippen MR) is 80.6 cm³/mol. The van der Waals surface area contributed by atoms with Gasteiger partial charge in [0.2, 0.25) is 5.91 Å². The van der Waals surface area contributed by atoms with E-state index >= 15 is 0 Å². The van der Waals surface area contributed by atoms with Gasteiger partial charge >= 0.3 is 0 Å². The van der Waals surface area contributed by atoms with Gasteiger partial charge in [0.15, 0.2) is 0 Å². The van der Waals surface area contributed by atoms with Gasteiger partial charge in [0, 0.05) is 32.4 Å². The van der Waals surface area contributed by atoms with Gasteiger partial charge in [0.1, 0.15) is 6.04 Å². The van der Waals surface area contributed by atoms with Gasteiger partial charge in [-0.05, 0) is 18.9 Å². The first-order chi connectivity index (χ1) is 10.2. The van der Waals surface area contributed by atoms with Crippen LogP contribution in [0.1, 0.15) is 43.8 Å². The molecule has 0 radical (unpaired) electrons. The van der Waals surface area contributed by atoms with Crippen molar-refractivity contribution < 1.29 is 4.79 Å². The number of nitrogens with two attached hydrogens (primary N) is 1. The fraction of sp³-hybridized carbons (Fsp3) is 0.733. The molecule has 1 aliphatic heterocycles. The Hall–Kier alpha value is -1.40. The van der Waals surface area contributed by atoms with Gasteiger partial charge in [0.25, 0.3) is 0 Å². The Morgan fingerprint density at radius 1 is 1.38 bits per heavy atom. The summed E-state index contributed by atoms with van der Waals surface area (Å²) in [5.74, 6) is -0.256. The largest absolute Gasteiger partial charge is 0.368 e. The summed E-state index contributed by atoms with van der Waals surface area (Å²) in [7, 11) is 0. The summed E-state index contributed by atoms with van der Waals surface area (Å²) < 4.78 is 2.12. The van der Waals surface area contributed by atoms with Gasteiger partial charge in [0.05, 0.1) is 11.7 Å². The zero-order chi connectivity index (χ0) is 14.7. The van der Waals surface area contributed by atoms with Crippen LogP contribution in [0.4, 0.5) is 0 Å². The number of hydrogen-bond acceptors (Lipinski definition) is 4. The fourth-order valence-corrected chi connectivity index (χ4v) is 3.43. The van der Waals surface area contributed by atoms with Crippen molar-refractivity contribution in [3.63, 3.8) is 0 Å². The molecule has 1 unspecified atom stereocenters. The Balaban J connectivity index is 1.64. The molecule has 1 aromatic rings. The average molecular weight is 291 g/mol. The molecule has 1 amide bonds. The number of aromatic nitrogens is 2. The summed E-state index contributed by atoms with van der Waals surface area (Å²) in [6, 6.07) is 2.41. The monoisotopic (exact) mass is 291 g/mol. The molecule has 6 nitrogen and oxygen atoms in total. The maximum absolute atomic E-state index is 11.5. The Bertz CT molecular complexity index is 480. The Labute approximate surface area is 125 Å². The molecule has 2 aliphatic rings. The summed E-state index contributed by atoms with van der Waals surface area (Å²) >= 11 is 0. The first-order valence-electron chi connectivity index (χ1n) is 8.02. The molecule has 1 saturated carbocycles. The minimum absolute atomic E-state index is 0.224.